The highest BCUT2D eigenvalue weighted by atomic mass is 35.5. The van der Waals surface area contributed by atoms with E-state index in [2.05, 4.69) is 95.9 Å². The van der Waals surface area contributed by atoms with Crippen LogP contribution in [0.3, 0.4) is 0 Å². The van der Waals surface area contributed by atoms with Gasteiger partial charge in [0, 0.05) is 22.1 Å². The molecule has 0 atom stereocenters. The Morgan fingerprint density at radius 3 is 1.96 bits per heavy atom. The van der Waals surface area contributed by atoms with Crippen molar-refractivity contribution in [3.8, 4) is 0 Å². The second kappa shape index (κ2) is 7.03. The van der Waals surface area contributed by atoms with E-state index in [1.807, 2.05) is 18.2 Å². The average Bonchev–Trinajstić information content (AvgIpc) is 2.75. The fourth-order valence-electron chi connectivity index (χ4n) is 3.79. The van der Waals surface area contributed by atoms with Crippen molar-refractivity contribution in [3.63, 3.8) is 0 Å². The number of hydrogen-bond donors (Lipinski definition) is 0. The van der Waals surface area contributed by atoms with Crippen LogP contribution >= 0.6 is 11.6 Å². The van der Waals surface area contributed by atoms with Gasteiger partial charge in [-0.1, -0.05) is 90.5 Å². The van der Waals surface area contributed by atoms with Gasteiger partial charge in [0.1, 0.15) is 0 Å². The molecule has 0 radical (unpaired) electrons. The zero-order valence-corrected chi connectivity index (χ0v) is 16.0. The topological polar surface area (TPSA) is 3.24 Å². The predicted molar refractivity (Wildman–Crippen MR) is 121 cm³/mol. The number of para-hydroxylation sites is 1. The van der Waals surface area contributed by atoms with Crippen LogP contribution in [0.1, 0.15) is 0 Å². The van der Waals surface area contributed by atoms with E-state index in [9.17, 15) is 0 Å². The Labute approximate surface area is 169 Å². The molecule has 0 aliphatic carbocycles. The maximum Gasteiger partial charge on any atom is 0.0540 e. The molecule has 2 heteroatoms. The minimum absolute atomic E-state index is 0.759. The molecule has 28 heavy (non-hydrogen) atoms. The summed E-state index contributed by atoms with van der Waals surface area (Å²) in [7, 11) is 0. The molecule has 5 rings (SSSR count). The fraction of sp³-hybridized carbons (Fsp3) is 0. The van der Waals surface area contributed by atoms with Gasteiger partial charge in [0.25, 0.3) is 0 Å². The summed E-state index contributed by atoms with van der Waals surface area (Å²) in [6.45, 7) is 0. The van der Waals surface area contributed by atoms with Crippen molar-refractivity contribution in [2.45, 2.75) is 0 Å². The molecule has 0 aliphatic rings. The van der Waals surface area contributed by atoms with Crippen molar-refractivity contribution < 1.29 is 0 Å². The maximum atomic E-state index is 6.67. The smallest absolute Gasteiger partial charge is 0.0540 e. The van der Waals surface area contributed by atoms with Gasteiger partial charge in [-0.2, -0.15) is 0 Å². The van der Waals surface area contributed by atoms with Gasteiger partial charge in [-0.05, 0) is 41.1 Å². The Morgan fingerprint density at radius 1 is 0.500 bits per heavy atom. The molecule has 0 bridgehead atoms. The number of rotatable bonds is 3. The van der Waals surface area contributed by atoms with Gasteiger partial charge in [-0.3, -0.25) is 0 Å². The highest BCUT2D eigenvalue weighted by molar-refractivity contribution is 6.36. The van der Waals surface area contributed by atoms with Gasteiger partial charge in [0.05, 0.1) is 10.7 Å². The van der Waals surface area contributed by atoms with E-state index >= 15 is 0 Å². The first-order valence-corrected chi connectivity index (χ1v) is 9.70. The summed E-state index contributed by atoms with van der Waals surface area (Å²) in [5.41, 5.74) is 3.28. The molecule has 0 aliphatic heterocycles. The van der Waals surface area contributed by atoms with Crippen molar-refractivity contribution in [3.05, 3.63) is 114 Å². The zero-order chi connectivity index (χ0) is 18.9. The van der Waals surface area contributed by atoms with Gasteiger partial charge in [-0.15, -0.1) is 0 Å². The normalized spacial score (nSPS) is 11.0. The molecule has 134 valence electrons. The molecule has 0 unspecified atom stereocenters. The van der Waals surface area contributed by atoms with E-state index in [0.29, 0.717) is 0 Å². The largest absolute Gasteiger partial charge is 0.310 e. The first kappa shape index (κ1) is 16.9. The van der Waals surface area contributed by atoms with Crippen molar-refractivity contribution in [1.82, 2.24) is 0 Å². The van der Waals surface area contributed by atoms with Crippen molar-refractivity contribution >= 4 is 50.2 Å². The lowest BCUT2D eigenvalue weighted by molar-refractivity contribution is 1.30. The lowest BCUT2D eigenvalue weighted by atomic mass is 10.0. The van der Waals surface area contributed by atoms with Gasteiger partial charge >= 0.3 is 0 Å². The van der Waals surface area contributed by atoms with E-state index in [-0.39, 0.29) is 0 Å². The van der Waals surface area contributed by atoms with E-state index < -0.39 is 0 Å². The molecule has 0 saturated carbocycles. The third-order valence-electron chi connectivity index (χ3n) is 5.08. The lowest BCUT2D eigenvalue weighted by Crippen LogP contribution is -2.10. The number of fused-ring (bicyclic) bond motifs is 2. The number of anilines is 3. The minimum atomic E-state index is 0.759. The summed E-state index contributed by atoms with van der Waals surface area (Å²) in [6, 6.07) is 37.8. The van der Waals surface area contributed by atoms with Crippen LogP contribution in [-0.2, 0) is 0 Å². The number of benzene rings is 5. The molecule has 1 nitrogen and oxygen atoms in total. The molecular formula is C26H18ClN. The second-order valence-electron chi connectivity index (χ2n) is 6.82. The molecule has 0 spiro atoms. The molecule has 0 saturated heterocycles. The summed E-state index contributed by atoms with van der Waals surface area (Å²) < 4.78 is 0. The van der Waals surface area contributed by atoms with Crippen LogP contribution in [0.4, 0.5) is 17.1 Å². The minimum Gasteiger partial charge on any atom is -0.310 e. The number of halogens is 1. The van der Waals surface area contributed by atoms with Crippen LogP contribution in [0, 0.1) is 0 Å². The number of nitrogens with zero attached hydrogens (tertiary/aromatic N) is 1. The highest BCUT2D eigenvalue weighted by Gasteiger charge is 2.16. The van der Waals surface area contributed by atoms with Crippen molar-refractivity contribution in [2.75, 3.05) is 4.90 Å². The summed E-state index contributed by atoms with van der Waals surface area (Å²) in [5.74, 6) is 0. The summed E-state index contributed by atoms with van der Waals surface area (Å²) in [4.78, 5) is 2.28. The molecule has 0 amide bonds. The molecule has 0 fully saturated rings. The molecule has 0 heterocycles. The monoisotopic (exact) mass is 379 g/mol. The predicted octanol–water partition coefficient (Wildman–Crippen LogP) is 8.12. The van der Waals surface area contributed by atoms with E-state index in [1.165, 1.54) is 10.8 Å². The Hall–Kier alpha value is -3.29. The van der Waals surface area contributed by atoms with E-state index in [4.69, 9.17) is 11.6 Å². The van der Waals surface area contributed by atoms with E-state index in [1.54, 1.807) is 0 Å². The number of hydrogen-bond acceptors (Lipinski definition) is 1. The van der Waals surface area contributed by atoms with Crippen molar-refractivity contribution in [1.29, 1.82) is 0 Å². The van der Waals surface area contributed by atoms with Crippen LogP contribution < -0.4 is 4.90 Å². The fourth-order valence-corrected chi connectivity index (χ4v) is 4.07. The third-order valence-corrected chi connectivity index (χ3v) is 5.39. The van der Waals surface area contributed by atoms with Crippen LogP contribution in [0.15, 0.2) is 109 Å². The van der Waals surface area contributed by atoms with Crippen LogP contribution in [0.5, 0.6) is 0 Å². The zero-order valence-electron chi connectivity index (χ0n) is 15.2. The first-order chi connectivity index (χ1) is 13.8. The molecule has 5 aromatic carbocycles. The molecule has 0 aromatic heterocycles. The summed E-state index contributed by atoms with van der Waals surface area (Å²) >= 11 is 6.67. The van der Waals surface area contributed by atoms with Crippen molar-refractivity contribution in [2.24, 2.45) is 0 Å². The second-order valence-corrected chi connectivity index (χ2v) is 7.23. The first-order valence-electron chi connectivity index (χ1n) is 9.32. The summed E-state index contributed by atoms with van der Waals surface area (Å²) in [5, 5.41) is 5.38. The standard InChI is InChI=1S/C26H18ClN/c27-25-18-22(17-20-10-5-6-14-23(20)25)28(21-12-2-1-3-13-21)26-16-8-11-19-9-4-7-15-24(19)26/h1-18H. The SMILES string of the molecule is Clc1cc(N(c2ccccc2)c2cccc3ccccc23)cc2ccccc12. The maximum absolute atomic E-state index is 6.67. The highest BCUT2D eigenvalue weighted by Crippen LogP contribution is 2.41. The van der Waals surface area contributed by atoms with E-state index in [0.717, 1.165) is 32.9 Å². The van der Waals surface area contributed by atoms with Gasteiger partial charge < -0.3 is 4.90 Å². The Morgan fingerprint density at radius 2 is 1.14 bits per heavy atom. The van der Waals surface area contributed by atoms with Crippen LogP contribution in [0.25, 0.3) is 21.5 Å². The Balaban J connectivity index is 1.81. The van der Waals surface area contributed by atoms with Gasteiger partial charge in [-0.25, -0.2) is 0 Å². The molecule has 0 N–H and O–H groups in total. The Bertz CT molecular complexity index is 1270. The van der Waals surface area contributed by atoms with Gasteiger partial charge in [0.2, 0.25) is 0 Å². The van der Waals surface area contributed by atoms with Gasteiger partial charge in [0.15, 0.2) is 0 Å². The average molecular weight is 380 g/mol. The quantitative estimate of drug-likeness (QED) is 0.306. The van der Waals surface area contributed by atoms with Crippen LogP contribution in [-0.4, -0.2) is 0 Å². The van der Waals surface area contributed by atoms with Crippen LogP contribution in [0.2, 0.25) is 5.02 Å². The molecular weight excluding hydrogens is 362 g/mol. The molecule has 5 aromatic rings. The summed E-state index contributed by atoms with van der Waals surface area (Å²) in [6.07, 6.45) is 0. The lowest BCUT2D eigenvalue weighted by Gasteiger charge is -2.27. The third kappa shape index (κ3) is 2.90. The Kier molecular flexibility index (Phi) is 4.23.